The molecule has 1 heterocycles. The number of hydrogen-bond acceptors (Lipinski definition) is 4. The summed E-state index contributed by atoms with van der Waals surface area (Å²) in [5.41, 5.74) is 1.35. The van der Waals surface area contributed by atoms with E-state index in [0.717, 1.165) is 30.3 Å². The maximum Gasteiger partial charge on any atom is 0.414 e. The van der Waals surface area contributed by atoms with Gasteiger partial charge in [-0.1, -0.05) is 41.9 Å². The highest BCUT2D eigenvalue weighted by Crippen LogP contribution is 2.30. The lowest BCUT2D eigenvalue weighted by molar-refractivity contribution is -0.159. The van der Waals surface area contributed by atoms with Gasteiger partial charge in [0, 0.05) is 24.0 Å². The second-order valence-electron chi connectivity index (χ2n) is 6.29. The minimum absolute atomic E-state index is 0.213. The molecular formula is C20H22ClNO5. The highest BCUT2D eigenvalue weighted by molar-refractivity contribution is 6.30. The molecule has 1 saturated heterocycles. The highest BCUT2D eigenvalue weighted by Gasteiger charge is 2.30. The number of hydrogen-bond donors (Lipinski definition) is 2. The van der Waals surface area contributed by atoms with Crippen molar-refractivity contribution in [2.24, 2.45) is 0 Å². The van der Waals surface area contributed by atoms with Crippen LogP contribution in [0.15, 0.2) is 54.6 Å². The number of nitrogens with zero attached hydrogens (tertiary/aromatic N) is 1. The van der Waals surface area contributed by atoms with Gasteiger partial charge in [-0.15, -0.1) is 0 Å². The largest absolute Gasteiger partial charge is 0.490 e. The Morgan fingerprint density at radius 1 is 1.04 bits per heavy atom. The van der Waals surface area contributed by atoms with E-state index >= 15 is 0 Å². The zero-order chi connectivity index (χ0) is 19.8. The first-order chi connectivity index (χ1) is 12.9. The number of piperidine rings is 1. The molecule has 2 aromatic carbocycles. The first-order valence-corrected chi connectivity index (χ1v) is 8.86. The summed E-state index contributed by atoms with van der Waals surface area (Å²) in [6, 6.07) is 18.3. The van der Waals surface area contributed by atoms with Crippen LogP contribution in [0.1, 0.15) is 17.9 Å². The third-order valence-electron chi connectivity index (χ3n) is 4.26. The summed E-state index contributed by atoms with van der Waals surface area (Å²) in [4.78, 5) is 20.6. The maximum absolute atomic E-state index is 9.10. The third-order valence-corrected chi connectivity index (χ3v) is 4.52. The first kappa shape index (κ1) is 20.7. The summed E-state index contributed by atoms with van der Waals surface area (Å²) in [5, 5.41) is 15.5. The van der Waals surface area contributed by atoms with Crippen LogP contribution in [0, 0.1) is 0 Å². The lowest BCUT2D eigenvalue weighted by Gasteiger charge is -2.37. The molecule has 27 heavy (non-hydrogen) atoms. The number of rotatable bonds is 3. The Morgan fingerprint density at radius 3 is 2.19 bits per heavy atom. The summed E-state index contributed by atoms with van der Waals surface area (Å²) in [6.07, 6.45) is 1.25. The zero-order valence-electron chi connectivity index (χ0n) is 14.9. The van der Waals surface area contributed by atoms with Crippen molar-refractivity contribution in [3.8, 4) is 5.75 Å². The lowest BCUT2D eigenvalue weighted by atomic mass is 9.88. The molecule has 0 aliphatic carbocycles. The van der Waals surface area contributed by atoms with Crippen molar-refractivity contribution in [3.63, 3.8) is 0 Å². The lowest BCUT2D eigenvalue weighted by Crippen LogP contribution is -2.42. The quantitative estimate of drug-likeness (QED) is 0.780. The van der Waals surface area contributed by atoms with Gasteiger partial charge in [-0.25, -0.2) is 9.59 Å². The number of likely N-dealkylation sites (tertiary alicyclic amines) is 1. The molecule has 3 rings (SSSR count). The number of carboxylic acids is 2. The van der Waals surface area contributed by atoms with Gasteiger partial charge in [-0.2, -0.15) is 0 Å². The fourth-order valence-corrected chi connectivity index (χ4v) is 3.07. The van der Waals surface area contributed by atoms with Gasteiger partial charge in [0.2, 0.25) is 0 Å². The van der Waals surface area contributed by atoms with E-state index in [1.54, 1.807) is 0 Å². The highest BCUT2D eigenvalue weighted by atomic mass is 35.5. The second kappa shape index (κ2) is 9.94. The van der Waals surface area contributed by atoms with Crippen LogP contribution in [0.2, 0.25) is 5.02 Å². The van der Waals surface area contributed by atoms with Crippen LogP contribution >= 0.6 is 11.6 Å². The molecular weight excluding hydrogens is 370 g/mol. The number of halogens is 1. The fourth-order valence-electron chi connectivity index (χ4n) is 2.94. The molecule has 0 saturated carbocycles. The molecule has 144 valence electrons. The minimum atomic E-state index is -1.82. The SMILES string of the molecule is CN1CC[C@@H](Oc2ccc(Cl)cc2)[C@@H](c2ccccc2)C1.O=C(O)C(=O)O. The topological polar surface area (TPSA) is 87.1 Å². The number of benzene rings is 2. The summed E-state index contributed by atoms with van der Waals surface area (Å²) in [5.74, 6) is -2.35. The van der Waals surface area contributed by atoms with Gasteiger partial charge >= 0.3 is 11.9 Å². The number of carbonyl (C=O) groups is 2. The van der Waals surface area contributed by atoms with Crippen LogP contribution in [0.5, 0.6) is 5.75 Å². The molecule has 0 bridgehead atoms. The Bertz CT molecular complexity index is 739. The predicted molar refractivity (Wildman–Crippen MR) is 102 cm³/mol. The summed E-state index contributed by atoms with van der Waals surface area (Å²) >= 11 is 5.94. The summed E-state index contributed by atoms with van der Waals surface area (Å²) < 4.78 is 6.24. The van der Waals surface area contributed by atoms with Crippen LogP contribution in [-0.4, -0.2) is 53.3 Å². The van der Waals surface area contributed by atoms with E-state index in [1.165, 1.54) is 5.56 Å². The average molecular weight is 392 g/mol. The van der Waals surface area contributed by atoms with E-state index in [0.29, 0.717) is 5.92 Å². The van der Waals surface area contributed by atoms with E-state index in [1.807, 2.05) is 24.3 Å². The van der Waals surface area contributed by atoms with Crippen LogP contribution in [0.4, 0.5) is 0 Å². The van der Waals surface area contributed by atoms with E-state index in [2.05, 4.69) is 42.3 Å². The molecule has 1 aliphatic rings. The average Bonchev–Trinajstić information content (AvgIpc) is 2.66. The number of ether oxygens (including phenoxy) is 1. The van der Waals surface area contributed by atoms with Crippen molar-refractivity contribution in [1.82, 2.24) is 4.90 Å². The van der Waals surface area contributed by atoms with E-state index in [-0.39, 0.29) is 6.10 Å². The zero-order valence-corrected chi connectivity index (χ0v) is 15.7. The molecule has 0 aromatic heterocycles. The fraction of sp³-hybridized carbons (Fsp3) is 0.300. The molecule has 0 radical (unpaired) electrons. The van der Waals surface area contributed by atoms with Crippen molar-refractivity contribution in [2.75, 3.05) is 20.1 Å². The number of carboxylic acid groups (broad SMARTS) is 2. The molecule has 6 nitrogen and oxygen atoms in total. The number of likely N-dealkylation sites (N-methyl/N-ethyl adjacent to an activating group) is 1. The number of aliphatic carboxylic acids is 2. The molecule has 1 fully saturated rings. The van der Waals surface area contributed by atoms with Gasteiger partial charge in [0.1, 0.15) is 11.9 Å². The molecule has 7 heteroatoms. The first-order valence-electron chi connectivity index (χ1n) is 8.48. The monoisotopic (exact) mass is 391 g/mol. The summed E-state index contributed by atoms with van der Waals surface area (Å²) in [6.45, 7) is 2.10. The van der Waals surface area contributed by atoms with Crippen LogP contribution in [0.25, 0.3) is 0 Å². The van der Waals surface area contributed by atoms with Crippen LogP contribution in [-0.2, 0) is 9.59 Å². The van der Waals surface area contributed by atoms with Crippen LogP contribution in [0.3, 0.4) is 0 Å². The van der Waals surface area contributed by atoms with Crippen molar-refractivity contribution in [1.29, 1.82) is 0 Å². The predicted octanol–water partition coefficient (Wildman–Crippen LogP) is 3.36. The van der Waals surface area contributed by atoms with Crippen molar-refractivity contribution >= 4 is 23.5 Å². The molecule has 1 aliphatic heterocycles. The van der Waals surface area contributed by atoms with E-state index in [9.17, 15) is 0 Å². The van der Waals surface area contributed by atoms with Gasteiger partial charge in [-0.3, -0.25) is 0 Å². The Morgan fingerprint density at radius 2 is 1.63 bits per heavy atom. The molecule has 0 amide bonds. The summed E-state index contributed by atoms with van der Waals surface area (Å²) in [7, 11) is 2.18. The van der Waals surface area contributed by atoms with E-state index < -0.39 is 11.9 Å². The molecule has 0 spiro atoms. The maximum atomic E-state index is 9.10. The molecule has 2 N–H and O–H groups in total. The Kier molecular flexibility index (Phi) is 7.64. The third kappa shape index (κ3) is 6.58. The Labute approximate surface area is 162 Å². The van der Waals surface area contributed by atoms with Gasteiger partial charge < -0.3 is 19.8 Å². The molecule has 2 atom stereocenters. The smallest absolute Gasteiger partial charge is 0.414 e. The van der Waals surface area contributed by atoms with Crippen LogP contribution < -0.4 is 4.74 Å². The molecule has 0 unspecified atom stereocenters. The minimum Gasteiger partial charge on any atom is -0.490 e. The van der Waals surface area contributed by atoms with Gasteiger partial charge in [-0.05, 0) is 43.3 Å². The second-order valence-corrected chi connectivity index (χ2v) is 6.73. The van der Waals surface area contributed by atoms with Crippen molar-refractivity contribution in [2.45, 2.75) is 18.4 Å². The van der Waals surface area contributed by atoms with Gasteiger partial charge in [0.15, 0.2) is 0 Å². The standard InChI is InChI=1S/C18H20ClNO.C2H2O4/c1-20-12-11-18(21-16-9-7-15(19)8-10-16)17(13-20)14-5-3-2-4-6-14;3-1(4)2(5)6/h2-10,17-18H,11-13H2,1H3;(H,3,4)(H,5,6)/t17-,18-;/m1./s1. The Balaban J connectivity index is 0.000000380. The van der Waals surface area contributed by atoms with Crippen molar-refractivity contribution in [3.05, 3.63) is 65.2 Å². The van der Waals surface area contributed by atoms with Gasteiger partial charge in [0.05, 0.1) is 0 Å². The Hall–Kier alpha value is -2.57. The molecule has 2 aromatic rings. The normalized spacial score (nSPS) is 19.5. The van der Waals surface area contributed by atoms with Gasteiger partial charge in [0.25, 0.3) is 0 Å². The van der Waals surface area contributed by atoms with E-state index in [4.69, 9.17) is 36.1 Å². The van der Waals surface area contributed by atoms with Crippen molar-refractivity contribution < 1.29 is 24.5 Å².